The molecule has 4 aromatic rings. The monoisotopic (exact) mass is 492 g/mol. The van der Waals surface area contributed by atoms with Gasteiger partial charge in [-0.25, -0.2) is 0 Å². The Morgan fingerprint density at radius 3 is 2.11 bits per heavy atom. The second kappa shape index (κ2) is 9.52. The Bertz CT molecular complexity index is 1500. The van der Waals surface area contributed by atoms with Crippen molar-refractivity contribution in [2.24, 2.45) is 0 Å². The molecule has 35 heavy (non-hydrogen) atoms. The van der Waals surface area contributed by atoms with E-state index < -0.39 is 0 Å². The predicted octanol–water partition coefficient (Wildman–Crippen LogP) is 8.84. The summed E-state index contributed by atoms with van der Waals surface area (Å²) in [4.78, 5) is 7.66. The van der Waals surface area contributed by atoms with E-state index in [4.69, 9.17) is 0 Å². The zero-order chi connectivity index (χ0) is 23.8. The van der Waals surface area contributed by atoms with Crippen molar-refractivity contribution in [2.45, 2.75) is 29.0 Å². The molecule has 0 amide bonds. The highest BCUT2D eigenvalue weighted by Gasteiger charge is 2.29. The number of allylic oxidation sites excluding steroid dienone is 4. The number of nitrogens with zero attached hydrogens (tertiary/aromatic N) is 2. The molecule has 1 atom stereocenters. The van der Waals surface area contributed by atoms with Crippen LogP contribution in [0.25, 0.3) is 21.5 Å². The molecule has 174 valence electrons. The van der Waals surface area contributed by atoms with Crippen LogP contribution in [-0.2, 0) is 0 Å². The third kappa shape index (κ3) is 3.95. The molecular weight excluding hydrogens is 464 g/mol. The molecular formula is C31H28N2S2. The van der Waals surface area contributed by atoms with Gasteiger partial charge in [0.25, 0.3) is 0 Å². The van der Waals surface area contributed by atoms with Crippen molar-refractivity contribution < 1.29 is 0 Å². The minimum atomic E-state index is 0.321. The van der Waals surface area contributed by atoms with E-state index >= 15 is 0 Å². The Balaban J connectivity index is 1.21. The lowest BCUT2D eigenvalue weighted by Crippen LogP contribution is -2.27. The molecule has 4 heteroatoms. The summed E-state index contributed by atoms with van der Waals surface area (Å²) in [5, 5.41) is 6.89. The molecule has 6 rings (SSSR count). The zero-order valence-corrected chi connectivity index (χ0v) is 21.7. The summed E-state index contributed by atoms with van der Waals surface area (Å²) in [7, 11) is 0. The van der Waals surface area contributed by atoms with Crippen molar-refractivity contribution in [3.63, 3.8) is 0 Å². The number of likely N-dealkylation sites (N-methyl/N-ethyl adjacent to an activating group) is 1. The first kappa shape index (κ1) is 22.4. The van der Waals surface area contributed by atoms with Crippen molar-refractivity contribution in [1.29, 1.82) is 0 Å². The fourth-order valence-electron chi connectivity index (χ4n) is 5.10. The van der Waals surface area contributed by atoms with Gasteiger partial charge in [-0.3, -0.25) is 0 Å². The van der Waals surface area contributed by atoms with Gasteiger partial charge in [-0.2, -0.15) is 0 Å². The molecule has 0 fully saturated rings. The largest absolute Gasteiger partial charge is 0.355 e. The molecule has 0 saturated carbocycles. The lowest BCUT2D eigenvalue weighted by Gasteiger charge is -2.23. The number of hydrogen-bond acceptors (Lipinski definition) is 4. The third-order valence-electron chi connectivity index (χ3n) is 6.71. The minimum absolute atomic E-state index is 0.321. The van der Waals surface area contributed by atoms with Crippen LogP contribution in [0.3, 0.4) is 0 Å². The summed E-state index contributed by atoms with van der Waals surface area (Å²) >= 11 is 3.80. The smallest absolute Gasteiger partial charge is 0.0985 e. The molecule has 1 unspecified atom stereocenters. The highest BCUT2D eigenvalue weighted by molar-refractivity contribution is 8.03. The van der Waals surface area contributed by atoms with Crippen LogP contribution < -0.4 is 9.80 Å². The van der Waals surface area contributed by atoms with E-state index in [1.807, 2.05) is 23.5 Å². The molecule has 0 radical (unpaired) electrons. The van der Waals surface area contributed by atoms with Crippen LogP contribution in [0.2, 0.25) is 0 Å². The molecule has 0 aliphatic carbocycles. The SMILES string of the molecule is CCN1\C(=C/C=C/C=C/C2Sc3ccc4ccccc4c3N2CC)Sc2ccc3ccccc3c21. The van der Waals surface area contributed by atoms with Crippen molar-refractivity contribution in [3.8, 4) is 0 Å². The van der Waals surface area contributed by atoms with Gasteiger partial charge in [0.2, 0.25) is 0 Å². The fourth-order valence-corrected chi connectivity index (χ4v) is 7.55. The first-order valence-corrected chi connectivity index (χ1v) is 14.0. The molecule has 2 aliphatic rings. The molecule has 2 heterocycles. The van der Waals surface area contributed by atoms with Gasteiger partial charge in [-0.05, 0) is 42.8 Å². The first-order chi connectivity index (χ1) is 17.3. The maximum atomic E-state index is 2.51. The second-order valence-electron chi connectivity index (χ2n) is 8.68. The quantitative estimate of drug-likeness (QED) is 0.257. The second-order valence-corrected chi connectivity index (χ2v) is 10.9. The lowest BCUT2D eigenvalue weighted by molar-refractivity contribution is 0.882. The van der Waals surface area contributed by atoms with Crippen molar-refractivity contribution in [3.05, 3.63) is 108 Å². The number of benzene rings is 4. The number of thioether (sulfide) groups is 2. The summed E-state index contributed by atoms with van der Waals surface area (Å²) in [6, 6.07) is 26.4. The topological polar surface area (TPSA) is 6.48 Å². The molecule has 2 aliphatic heterocycles. The van der Waals surface area contributed by atoms with E-state index in [9.17, 15) is 0 Å². The van der Waals surface area contributed by atoms with Crippen LogP contribution in [-0.4, -0.2) is 18.5 Å². The van der Waals surface area contributed by atoms with Gasteiger partial charge < -0.3 is 9.80 Å². The third-order valence-corrected chi connectivity index (χ3v) is 9.06. The minimum Gasteiger partial charge on any atom is -0.355 e. The summed E-state index contributed by atoms with van der Waals surface area (Å²) in [6.07, 6.45) is 11.1. The fraction of sp³-hybridized carbons (Fsp3) is 0.161. The lowest BCUT2D eigenvalue weighted by atomic mass is 10.1. The van der Waals surface area contributed by atoms with Crippen LogP contribution in [0.15, 0.2) is 118 Å². The Hall–Kier alpha value is -3.08. The Morgan fingerprint density at radius 1 is 0.714 bits per heavy atom. The molecule has 0 spiro atoms. The summed E-state index contributed by atoms with van der Waals surface area (Å²) < 4.78 is 0. The maximum absolute atomic E-state index is 2.51. The summed E-state index contributed by atoms with van der Waals surface area (Å²) in [6.45, 7) is 6.43. The molecule has 0 saturated heterocycles. The first-order valence-electron chi connectivity index (χ1n) is 12.3. The molecule has 0 N–H and O–H groups in total. The van der Waals surface area contributed by atoms with Crippen LogP contribution in [0.1, 0.15) is 13.8 Å². The standard InChI is InChI=1S/C31H28N2S2/c1-3-32-28(34-26-20-18-22-12-8-10-14-24(22)30(26)32)16-6-5-7-17-29-33(4-2)31-25-15-11-9-13-23(25)19-21-27(31)35-29/h5-21,28H,3-4H2,1-2H3/b7-5+,16-6+,29-17+. The van der Waals surface area contributed by atoms with Gasteiger partial charge in [0.1, 0.15) is 0 Å². The normalized spacial score (nSPS) is 18.6. The Morgan fingerprint density at radius 2 is 1.40 bits per heavy atom. The molecule has 4 aromatic carbocycles. The average Bonchev–Trinajstić information content (AvgIpc) is 3.46. The molecule has 2 nitrogen and oxygen atoms in total. The van der Waals surface area contributed by atoms with E-state index in [0.29, 0.717) is 5.37 Å². The summed E-state index contributed by atoms with van der Waals surface area (Å²) in [5.41, 5.74) is 2.72. The number of anilines is 2. The molecule has 0 aromatic heterocycles. The van der Waals surface area contributed by atoms with Crippen LogP contribution in [0, 0.1) is 0 Å². The van der Waals surface area contributed by atoms with E-state index in [0.717, 1.165) is 13.1 Å². The average molecular weight is 493 g/mol. The van der Waals surface area contributed by atoms with E-state index in [2.05, 4.69) is 127 Å². The highest BCUT2D eigenvalue weighted by atomic mass is 32.2. The number of fused-ring (bicyclic) bond motifs is 6. The van der Waals surface area contributed by atoms with Gasteiger partial charge in [-0.15, -0.1) is 0 Å². The maximum Gasteiger partial charge on any atom is 0.0985 e. The predicted molar refractivity (Wildman–Crippen MR) is 156 cm³/mol. The van der Waals surface area contributed by atoms with Gasteiger partial charge in [0, 0.05) is 33.7 Å². The highest BCUT2D eigenvalue weighted by Crippen LogP contribution is 2.49. The van der Waals surface area contributed by atoms with Crippen LogP contribution in [0.4, 0.5) is 11.4 Å². The number of rotatable bonds is 5. The number of hydrogen-bond donors (Lipinski definition) is 0. The van der Waals surface area contributed by atoms with Gasteiger partial charge in [-0.1, -0.05) is 108 Å². The van der Waals surface area contributed by atoms with Crippen LogP contribution >= 0.6 is 23.5 Å². The van der Waals surface area contributed by atoms with Crippen molar-refractivity contribution in [1.82, 2.24) is 0 Å². The van der Waals surface area contributed by atoms with Crippen molar-refractivity contribution >= 4 is 56.4 Å². The van der Waals surface area contributed by atoms with Crippen molar-refractivity contribution in [2.75, 3.05) is 22.9 Å². The van der Waals surface area contributed by atoms with E-state index in [1.54, 1.807) is 0 Å². The van der Waals surface area contributed by atoms with E-state index in [-0.39, 0.29) is 0 Å². The zero-order valence-electron chi connectivity index (χ0n) is 20.0. The van der Waals surface area contributed by atoms with Gasteiger partial charge >= 0.3 is 0 Å². The Labute approximate surface area is 216 Å². The Kier molecular flexibility index (Phi) is 6.09. The van der Waals surface area contributed by atoms with Gasteiger partial charge in [0.15, 0.2) is 0 Å². The van der Waals surface area contributed by atoms with Gasteiger partial charge in [0.05, 0.1) is 21.8 Å². The van der Waals surface area contributed by atoms with Crippen LogP contribution in [0.5, 0.6) is 0 Å². The van der Waals surface area contributed by atoms with E-state index in [1.165, 1.54) is 47.7 Å². The summed E-state index contributed by atoms with van der Waals surface area (Å²) in [5.74, 6) is 0. The molecule has 0 bridgehead atoms.